The minimum atomic E-state index is -1.27. The van der Waals surface area contributed by atoms with E-state index in [1.807, 2.05) is 30.3 Å². The summed E-state index contributed by atoms with van der Waals surface area (Å²) in [7, 11) is 0. The zero-order chi connectivity index (χ0) is 18.9. The van der Waals surface area contributed by atoms with E-state index in [-0.39, 0.29) is 31.7 Å². The van der Waals surface area contributed by atoms with Crippen LogP contribution in [0.15, 0.2) is 48.5 Å². The molecule has 6 nitrogen and oxygen atoms in total. The van der Waals surface area contributed by atoms with Crippen molar-refractivity contribution < 1.29 is 24.1 Å². The minimum absolute atomic E-state index is 0.0553. The molecule has 2 aromatic rings. The molecule has 0 spiro atoms. The fourth-order valence-electron chi connectivity index (χ4n) is 2.39. The average molecular weight is 362 g/mol. The van der Waals surface area contributed by atoms with Crippen molar-refractivity contribution in [3.05, 3.63) is 71.0 Å². The highest BCUT2D eigenvalue weighted by Crippen LogP contribution is 2.21. The molecule has 0 bridgehead atoms. The number of carbonyl (C=O) groups excluding carboxylic acids is 1. The van der Waals surface area contributed by atoms with E-state index < -0.39 is 24.1 Å². The minimum Gasteiger partial charge on any atom is -0.445 e. The van der Waals surface area contributed by atoms with Gasteiger partial charge in [-0.1, -0.05) is 42.5 Å². The van der Waals surface area contributed by atoms with Gasteiger partial charge in [-0.15, -0.1) is 0 Å². The molecule has 26 heavy (non-hydrogen) atoms. The number of rotatable bonds is 8. The van der Waals surface area contributed by atoms with Gasteiger partial charge in [0.15, 0.2) is 0 Å². The van der Waals surface area contributed by atoms with Crippen molar-refractivity contribution in [2.24, 2.45) is 5.73 Å². The standard InChI is InChI=1S/C19H23FN2O4/c20-16-10-14(6-7-15(16)11-21)18(24)17(23)8-9-22-19(25)26-12-13-4-2-1-3-5-13/h1-7,10,17-18,23-24H,8-9,11-12,21H2,(H,22,25). The fraction of sp³-hybridized carbons (Fsp3) is 0.316. The summed E-state index contributed by atoms with van der Waals surface area (Å²) in [6, 6.07) is 13.4. The summed E-state index contributed by atoms with van der Waals surface area (Å²) >= 11 is 0. The van der Waals surface area contributed by atoms with Gasteiger partial charge < -0.3 is 26.0 Å². The van der Waals surface area contributed by atoms with Gasteiger partial charge in [-0.25, -0.2) is 9.18 Å². The molecule has 0 aliphatic rings. The lowest BCUT2D eigenvalue weighted by atomic mass is 10.0. The lowest BCUT2D eigenvalue weighted by molar-refractivity contribution is 0.0134. The van der Waals surface area contributed by atoms with Crippen LogP contribution in [0, 0.1) is 5.82 Å². The van der Waals surface area contributed by atoms with Gasteiger partial charge in [-0.2, -0.15) is 0 Å². The van der Waals surface area contributed by atoms with Crippen LogP contribution in [0.3, 0.4) is 0 Å². The van der Waals surface area contributed by atoms with Crippen LogP contribution in [-0.2, 0) is 17.9 Å². The Morgan fingerprint density at radius 1 is 1.19 bits per heavy atom. The van der Waals surface area contributed by atoms with Gasteiger partial charge in [0.1, 0.15) is 18.5 Å². The van der Waals surface area contributed by atoms with Crippen molar-refractivity contribution in [1.29, 1.82) is 0 Å². The Kier molecular flexibility index (Phi) is 7.53. The highest BCUT2D eigenvalue weighted by molar-refractivity contribution is 5.67. The van der Waals surface area contributed by atoms with Crippen LogP contribution >= 0.6 is 0 Å². The van der Waals surface area contributed by atoms with Crippen LogP contribution in [-0.4, -0.2) is 29.0 Å². The van der Waals surface area contributed by atoms with Crippen molar-refractivity contribution in [1.82, 2.24) is 5.32 Å². The normalized spacial score (nSPS) is 13.1. The van der Waals surface area contributed by atoms with E-state index in [9.17, 15) is 19.4 Å². The first-order chi connectivity index (χ1) is 12.5. The second-order valence-corrected chi connectivity index (χ2v) is 5.84. The molecule has 0 saturated carbocycles. The number of amides is 1. The number of nitrogens with one attached hydrogen (secondary N) is 1. The largest absolute Gasteiger partial charge is 0.445 e. The molecule has 1 amide bonds. The predicted octanol–water partition coefficient (Wildman–Crippen LogP) is 2.00. The van der Waals surface area contributed by atoms with Gasteiger partial charge in [0.2, 0.25) is 0 Å². The van der Waals surface area contributed by atoms with Crippen LogP contribution < -0.4 is 11.1 Å². The Hall–Kier alpha value is -2.48. The molecule has 2 rings (SSSR count). The zero-order valence-corrected chi connectivity index (χ0v) is 14.3. The second-order valence-electron chi connectivity index (χ2n) is 5.84. The SMILES string of the molecule is NCc1ccc(C(O)C(O)CCNC(=O)OCc2ccccc2)cc1F. The lowest BCUT2D eigenvalue weighted by Crippen LogP contribution is -2.29. The van der Waals surface area contributed by atoms with Crippen molar-refractivity contribution in [3.63, 3.8) is 0 Å². The van der Waals surface area contributed by atoms with Gasteiger partial charge >= 0.3 is 6.09 Å². The third-order valence-electron chi connectivity index (χ3n) is 3.93. The Bertz CT molecular complexity index is 712. The molecule has 2 aromatic carbocycles. The van der Waals surface area contributed by atoms with Gasteiger partial charge in [-0.05, 0) is 23.6 Å². The number of carbonyl (C=O) groups is 1. The molecule has 2 atom stereocenters. The maximum absolute atomic E-state index is 13.7. The zero-order valence-electron chi connectivity index (χ0n) is 14.3. The molecule has 0 aliphatic carbocycles. The van der Waals surface area contributed by atoms with Crippen LogP contribution in [0.1, 0.15) is 29.2 Å². The van der Waals surface area contributed by atoms with E-state index >= 15 is 0 Å². The molecule has 0 heterocycles. The Labute approximate surface area is 151 Å². The molecule has 7 heteroatoms. The smallest absolute Gasteiger partial charge is 0.407 e. The molecule has 0 radical (unpaired) electrons. The first-order valence-corrected chi connectivity index (χ1v) is 8.30. The van der Waals surface area contributed by atoms with Crippen molar-refractivity contribution in [2.45, 2.75) is 31.8 Å². The third-order valence-corrected chi connectivity index (χ3v) is 3.93. The number of halogens is 1. The van der Waals surface area contributed by atoms with E-state index in [0.29, 0.717) is 5.56 Å². The van der Waals surface area contributed by atoms with Gasteiger partial charge in [-0.3, -0.25) is 0 Å². The lowest BCUT2D eigenvalue weighted by Gasteiger charge is -2.19. The van der Waals surface area contributed by atoms with Crippen LogP contribution in [0.2, 0.25) is 0 Å². The summed E-state index contributed by atoms with van der Waals surface area (Å²) in [6.45, 7) is 0.305. The fourth-order valence-corrected chi connectivity index (χ4v) is 2.39. The first kappa shape index (κ1) is 19.8. The molecule has 2 unspecified atom stereocenters. The quantitative estimate of drug-likeness (QED) is 0.575. The molecule has 0 saturated heterocycles. The summed E-state index contributed by atoms with van der Waals surface area (Å²) in [6.07, 6.45) is -2.96. The highest BCUT2D eigenvalue weighted by atomic mass is 19.1. The van der Waals surface area contributed by atoms with Crippen LogP contribution in [0.5, 0.6) is 0 Å². The molecule has 140 valence electrons. The molecule has 0 aromatic heterocycles. The van der Waals surface area contributed by atoms with Crippen LogP contribution in [0.4, 0.5) is 9.18 Å². The maximum Gasteiger partial charge on any atom is 0.407 e. The highest BCUT2D eigenvalue weighted by Gasteiger charge is 2.19. The number of aliphatic hydroxyl groups excluding tert-OH is 2. The number of alkyl carbamates (subject to hydrolysis) is 1. The molecule has 0 fully saturated rings. The van der Waals surface area contributed by atoms with E-state index in [4.69, 9.17) is 10.5 Å². The number of hydrogen-bond donors (Lipinski definition) is 4. The predicted molar refractivity (Wildman–Crippen MR) is 94.5 cm³/mol. The van der Waals surface area contributed by atoms with Gasteiger partial charge in [0, 0.05) is 18.7 Å². The number of ether oxygens (including phenoxy) is 1. The monoisotopic (exact) mass is 362 g/mol. The third kappa shape index (κ3) is 5.80. The molecular formula is C19H23FN2O4. The molecule has 0 aliphatic heterocycles. The van der Waals surface area contributed by atoms with Gasteiger partial charge in [0.05, 0.1) is 6.10 Å². The summed E-state index contributed by atoms with van der Waals surface area (Å²) in [5.74, 6) is -0.529. The molecular weight excluding hydrogens is 339 g/mol. The summed E-state index contributed by atoms with van der Waals surface area (Å²) in [4.78, 5) is 11.6. The Morgan fingerprint density at radius 2 is 1.92 bits per heavy atom. The number of benzene rings is 2. The maximum atomic E-state index is 13.7. The van der Waals surface area contributed by atoms with Crippen LogP contribution in [0.25, 0.3) is 0 Å². The number of aliphatic hydroxyl groups is 2. The Balaban J connectivity index is 1.74. The topological polar surface area (TPSA) is 105 Å². The first-order valence-electron chi connectivity index (χ1n) is 8.30. The summed E-state index contributed by atoms with van der Waals surface area (Å²) < 4.78 is 18.8. The van der Waals surface area contributed by atoms with E-state index in [1.54, 1.807) is 0 Å². The van der Waals surface area contributed by atoms with Crippen molar-refractivity contribution in [2.75, 3.05) is 6.54 Å². The number of hydrogen-bond acceptors (Lipinski definition) is 5. The van der Waals surface area contributed by atoms with Crippen molar-refractivity contribution >= 4 is 6.09 Å². The Morgan fingerprint density at radius 3 is 2.58 bits per heavy atom. The average Bonchev–Trinajstić information content (AvgIpc) is 2.66. The van der Waals surface area contributed by atoms with E-state index in [0.717, 1.165) is 11.6 Å². The van der Waals surface area contributed by atoms with E-state index in [1.165, 1.54) is 12.1 Å². The van der Waals surface area contributed by atoms with E-state index in [2.05, 4.69) is 5.32 Å². The summed E-state index contributed by atoms with van der Waals surface area (Å²) in [5.41, 5.74) is 6.83. The summed E-state index contributed by atoms with van der Waals surface area (Å²) in [5, 5.41) is 22.6. The van der Waals surface area contributed by atoms with Gasteiger partial charge in [0.25, 0.3) is 0 Å². The van der Waals surface area contributed by atoms with Crippen molar-refractivity contribution in [3.8, 4) is 0 Å². The molecule has 5 N–H and O–H groups in total. The number of nitrogens with two attached hydrogens (primary N) is 1. The second kappa shape index (κ2) is 9.86.